The number of amides is 1. The number of methoxy groups -OCH3 is 1. The van der Waals surface area contributed by atoms with Crippen LogP contribution in [-0.2, 0) is 31.9 Å². The minimum Gasteiger partial charge on any atom is -0.496 e. The smallest absolute Gasteiger partial charge is 0.328 e. The summed E-state index contributed by atoms with van der Waals surface area (Å²) in [7, 11) is 5.05. The molecule has 0 bridgehead atoms. The third kappa shape index (κ3) is 8.17. The van der Waals surface area contributed by atoms with Crippen molar-refractivity contribution in [2.45, 2.75) is 37.8 Å². The molecule has 0 radical (unpaired) electrons. The molecule has 1 fully saturated rings. The highest BCUT2D eigenvalue weighted by molar-refractivity contribution is 7.98. The standard InChI is InChI=1S/C47H52N6O5S/c1-6-53-40-17-12-31(24-38(40)36-15-13-33(26-41(36)53)32-10-9-11-35(25-32)59-5)30-48-18-21-57-22-23-58-34-14-16-37(45(27-34)56-4)46(54)49-39-28-43-44(51(3)47(55)50(43)2)29-42(39)52-19-7-8-20-52/h9-17,24-29,48H,6-8,18-23,30H2,1-5H3,(H,49,54). The van der Waals surface area contributed by atoms with Crippen LogP contribution in [-0.4, -0.2) is 72.4 Å². The van der Waals surface area contributed by atoms with Crippen molar-refractivity contribution in [3.05, 3.63) is 113 Å². The first-order valence-corrected chi connectivity index (χ1v) is 21.5. The first-order chi connectivity index (χ1) is 28.8. The van der Waals surface area contributed by atoms with Crippen LogP contribution in [0.1, 0.15) is 35.7 Å². The quantitative estimate of drug-likeness (QED) is 0.0741. The van der Waals surface area contributed by atoms with E-state index in [9.17, 15) is 9.59 Å². The molecule has 2 aromatic heterocycles. The molecule has 7 aromatic rings. The fraction of sp³-hybridized carbons (Fsp3) is 0.319. The van der Waals surface area contributed by atoms with Crippen LogP contribution >= 0.6 is 11.8 Å². The molecule has 5 aromatic carbocycles. The molecular weight excluding hydrogens is 761 g/mol. The highest BCUT2D eigenvalue weighted by Gasteiger charge is 2.22. The fourth-order valence-electron chi connectivity index (χ4n) is 8.27. The number of nitrogens with one attached hydrogen (secondary N) is 2. The minimum absolute atomic E-state index is 0.111. The number of anilines is 2. The lowest BCUT2D eigenvalue weighted by Crippen LogP contribution is -2.21. The zero-order chi connectivity index (χ0) is 41.0. The number of carbonyl (C=O) groups excluding carboxylic acids is 1. The molecule has 306 valence electrons. The van der Waals surface area contributed by atoms with Crippen molar-refractivity contribution >= 4 is 61.9 Å². The molecule has 0 aliphatic carbocycles. The van der Waals surface area contributed by atoms with E-state index in [4.69, 9.17) is 14.2 Å². The molecule has 1 aliphatic heterocycles. The molecule has 59 heavy (non-hydrogen) atoms. The number of hydrogen-bond donors (Lipinski definition) is 2. The van der Waals surface area contributed by atoms with Crippen LogP contribution in [0.4, 0.5) is 11.4 Å². The van der Waals surface area contributed by atoms with E-state index in [-0.39, 0.29) is 11.6 Å². The predicted molar refractivity (Wildman–Crippen MR) is 241 cm³/mol. The second-order valence-corrected chi connectivity index (χ2v) is 15.8. The number of aryl methyl sites for hydroxylation is 3. The highest BCUT2D eigenvalue weighted by Crippen LogP contribution is 2.36. The van der Waals surface area contributed by atoms with Crippen molar-refractivity contribution in [2.24, 2.45) is 14.1 Å². The number of aromatic nitrogens is 3. The Balaban J connectivity index is 0.831. The van der Waals surface area contributed by atoms with E-state index < -0.39 is 0 Å². The second-order valence-electron chi connectivity index (χ2n) is 15.0. The predicted octanol–water partition coefficient (Wildman–Crippen LogP) is 8.44. The maximum absolute atomic E-state index is 13.7. The molecule has 0 spiro atoms. The van der Waals surface area contributed by atoms with Gasteiger partial charge in [0.25, 0.3) is 5.91 Å². The average Bonchev–Trinajstić information content (AvgIpc) is 3.97. The Labute approximate surface area is 348 Å². The normalized spacial score (nSPS) is 12.9. The van der Waals surface area contributed by atoms with Crippen LogP contribution in [0.25, 0.3) is 44.0 Å². The molecule has 1 saturated heterocycles. The Morgan fingerprint density at radius 2 is 1.59 bits per heavy atom. The van der Waals surface area contributed by atoms with Gasteiger partial charge in [0.1, 0.15) is 18.1 Å². The third-order valence-electron chi connectivity index (χ3n) is 11.4. The first-order valence-electron chi connectivity index (χ1n) is 20.3. The van der Waals surface area contributed by atoms with Gasteiger partial charge in [0.2, 0.25) is 0 Å². The summed E-state index contributed by atoms with van der Waals surface area (Å²) in [6.45, 7) is 7.67. The van der Waals surface area contributed by atoms with Gasteiger partial charge in [-0.2, -0.15) is 0 Å². The Bertz CT molecular complexity index is 2710. The number of ether oxygens (including phenoxy) is 3. The van der Waals surface area contributed by atoms with Crippen molar-refractivity contribution in [2.75, 3.05) is 63.0 Å². The Morgan fingerprint density at radius 3 is 2.37 bits per heavy atom. The van der Waals surface area contributed by atoms with E-state index in [1.807, 2.05) is 12.1 Å². The summed E-state index contributed by atoms with van der Waals surface area (Å²) >= 11 is 1.77. The van der Waals surface area contributed by atoms with Crippen LogP contribution in [0.5, 0.6) is 11.5 Å². The Kier molecular flexibility index (Phi) is 12.0. The zero-order valence-corrected chi connectivity index (χ0v) is 35.3. The van der Waals surface area contributed by atoms with Gasteiger partial charge in [-0.3, -0.25) is 13.9 Å². The summed E-state index contributed by atoms with van der Waals surface area (Å²) in [4.78, 5) is 29.9. The van der Waals surface area contributed by atoms with Gasteiger partial charge in [0.15, 0.2) is 0 Å². The lowest BCUT2D eigenvalue weighted by atomic mass is 10.0. The topological polar surface area (TPSA) is 104 Å². The highest BCUT2D eigenvalue weighted by atomic mass is 32.2. The molecule has 1 aliphatic rings. The fourth-order valence-corrected chi connectivity index (χ4v) is 8.73. The van der Waals surface area contributed by atoms with E-state index in [2.05, 4.69) is 93.9 Å². The average molecular weight is 813 g/mol. The van der Waals surface area contributed by atoms with E-state index in [0.29, 0.717) is 49.1 Å². The molecule has 1 amide bonds. The largest absolute Gasteiger partial charge is 0.496 e. The number of fused-ring (bicyclic) bond motifs is 4. The van der Waals surface area contributed by atoms with E-state index in [0.717, 1.165) is 55.7 Å². The second kappa shape index (κ2) is 17.7. The van der Waals surface area contributed by atoms with E-state index >= 15 is 0 Å². The SMILES string of the molecule is CCn1c2ccc(CNCCOCCOc3ccc(C(=O)Nc4cc5c(cc4N4CCCC4)n(C)c(=O)n5C)c(OC)c3)cc2c2ccc(-c3cccc(SC)c3)cc21. The minimum atomic E-state index is -0.306. The first kappa shape index (κ1) is 40.1. The zero-order valence-electron chi connectivity index (χ0n) is 34.5. The molecule has 2 N–H and O–H groups in total. The van der Waals surface area contributed by atoms with Crippen molar-refractivity contribution in [3.8, 4) is 22.6 Å². The molecular formula is C47H52N6O5S. The maximum atomic E-state index is 13.7. The Hall–Kier alpha value is -5.69. The van der Waals surface area contributed by atoms with Crippen molar-refractivity contribution in [1.82, 2.24) is 19.0 Å². The van der Waals surface area contributed by atoms with Gasteiger partial charge in [0.05, 0.1) is 48.3 Å². The summed E-state index contributed by atoms with van der Waals surface area (Å²) in [5.74, 6) is 0.680. The van der Waals surface area contributed by atoms with Crippen molar-refractivity contribution < 1.29 is 19.0 Å². The summed E-state index contributed by atoms with van der Waals surface area (Å²) in [5.41, 5.74) is 9.62. The van der Waals surface area contributed by atoms with Gasteiger partial charge in [0, 0.05) is 79.6 Å². The monoisotopic (exact) mass is 812 g/mol. The van der Waals surface area contributed by atoms with Gasteiger partial charge < -0.3 is 34.3 Å². The lowest BCUT2D eigenvalue weighted by molar-refractivity contribution is 0.101. The number of nitrogens with zero attached hydrogens (tertiary/aromatic N) is 4. The molecule has 11 nitrogen and oxygen atoms in total. The number of carbonyl (C=O) groups is 1. The number of rotatable bonds is 16. The summed E-state index contributed by atoms with van der Waals surface area (Å²) in [6, 6.07) is 31.4. The van der Waals surface area contributed by atoms with Gasteiger partial charge in [-0.15, -0.1) is 11.8 Å². The molecule has 12 heteroatoms. The van der Waals surface area contributed by atoms with Gasteiger partial charge in [-0.1, -0.05) is 30.3 Å². The van der Waals surface area contributed by atoms with Crippen LogP contribution in [0, 0.1) is 0 Å². The number of benzene rings is 5. The number of imidazole rings is 1. The number of thioether (sulfide) groups is 1. The van der Waals surface area contributed by atoms with Crippen molar-refractivity contribution in [1.29, 1.82) is 0 Å². The van der Waals surface area contributed by atoms with Crippen LogP contribution in [0.15, 0.2) is 101 Å². The molecule has 0 unspecified atom stereocenters. The van der Waals surface area contributed by atoms with E-state index in [1.54, 1.807) is 53.2 Å². The Morgan fingerprint density at radius 1 is 0.797 bits per heavy atom. The van der Waals surface area contributed by atoms with Gasteiger partial charge in [-0.05, 0) is 97.3 Å². The van der Waals surface area contributed by atoms with Crippen LogP contribution in [0.2, 0.25) is 0 Å². The van der Waals surface area contributed by atoms with Crippen LogP contribution < -0.4 is 30.7 Å². The summed E-state index contributed by atoms with van der Waals surface area (Å²) < 4.78 is 23.1. The van der Waals surface area contributed by atoms with E-state index in [1.165, 1.54) is 50.5 Å². The third-order valence-corrected chi connectivity index (χ3v) is 12.1. The van der Waals surface area contributed by atoms with Crippen molar-refractivity contribution in [3.63, 3.8) is 0 Å². The summed E-state index contributed by atoms with van der Waals surface area (Å²) in [5, 5.41) is 9.17. The molecule has 8 rings (SSSR count). The molecule has 0 atom stereocenters. The maximum Gasteiger partial charge on any atom is 0.328 e. The molecule has 0 saturated carbocycles. The number of hydrogen-bond acceptors (Lipinski definition) is 8. The molecule has 3 heterocycles. The van der Waals surface area contributed by atoms with Crippen LogP contribution in [0.3, 0.4) is 0 Å². The van der Waals surface area contributed by atoms with Gasteiger partial charge >= 0.3 is 5.69 Å². The summed E-state index contributed by atoms with van der Waals surface area (Å²) in [6.07, 6.45) is 4.28. The van der Waals surface area contributed by atoms with Gasteiger partial charge in [-0.25, -0.2) is 4.79 Å². The lowest BCUT2D eigenvalue weighted by Gasteiger charge is -2.22.